The van der Waals surface area contributed by atoms with Gasteiger partial charge in [0.05, 0.1) is 11.9 Å². The van der Waals surface area contributed by atoms with Crippen molar-refractivity contribution >= 4 is 35.4 Å². The van der Waals surface area contributed by atoms with Crippen molar-refractivity contribution in [1.82, 2.24) is 15.3 Å². The number of rotatable bonds is 6. The molecule has 7 heteroatoms. The Balaban J connectivity index is 1.75. The molecular weight excluding hydrogens is 360 g/mol. The topological polar surface area (TPSA) is 75.5 Å². The van der Waals surface area contributed by atoms with Crippen LogP contribution in [-0.4, -0.2) is 22.6 Å². The number of benzene rings is 1. The molecule has 0 unspecified atom stereocenters. The van der Waals surface area contributed by atoms with E-state index in [9.17, 15) is 9.59 Å². The number of thiophene rings is 1. The first-order valence-corrected chi connectivity index (χ1v) is 9.08. The fourth-order valence-electron chi connectivity index (χ4n) is 2.28. The monoisotopic (exact) mass is 378 g/mol. The Labute approximate surface area is 160 Å². The molecule has 0 atom stereocenters. The average Bonchev–Trinajstić information content (AvgIpc) is 3.34. The fraction of sp³-hybridized carbons (Fsp3) is 0.0500. The number of nitrogens with one attached hydrogen (secondary N) is 2. The van der Waals surface area contributed by atoms with Gasteiger partial charge in [-0.1, -0.05) is 24.3 Å². The standard InChI is InChI=1S/C20H18N4O2S/c1-24-11-5-9-16(24)14-21-23-20(26)18(13-17-10-6-12-27-17)22-19(25)15-7-3-2-4-8-15/h2-14H,1H3,(H,22,25)(H,23,26)/b18-13-,21-14-. The van der Waals surface area contributed by atoms with Gasteiger partial charge in [-0.05, 0) is 41.8 Å². The van der Waals surface area contributed by atoms with Crippen molar-refractivity contribution in [3.8, 4) is 0 Å². The highest BCUT2D eigenvalue weighted by Crippen LogP contribution is 2.13. The van der Waals surface area contributed by atoms with Crippen molar-refractivity contribution < 1.29 is 9.59 Å². The lowest BCUT2D eigenvalue weighted by atomic mass is 10.2. The van der Waals surface area contributed by atoms with Crippen LogP contribution in [0.2, 0.25) is 0 Å². The molecule has 0 aliphatic carbocycles. The predicted molar refractivity (Wildman–Crippen MR) is 107 cm³/mol. The number of hydrogen-bond acceptors (Lipinski definition) is 4. The van der Waals surface area contributed by atoms with Gasteiger partial charge in [0.25, 0.3) is 11.8 Å². The third-order valence-corrected chi connectivity index (χ3v) is 4.52. The van der Waals surface area contributed by atoms with E-state index in [1.165, 1.54) is 11.3 Å². The molecule has 0 aliphatic rings. The summed E-state index contributed by atoms with van der Waals surface area (Å²) in [5, 5.41) is 8.53. The summed E-state index contributed by atoms with van der Waals surface area (Å²) in [5.41, 5.74) is 3.88. The van der Waals surface area contributed by atoms with Crippen LogP contribution in [0.3, 0.4) is 0 Å². The summed E-state index contributed by atoms with van der Waals surface area (Å²) >= 11 is 1.47. The van der Waals surface area contributed by atoms with Crippen molar-refractivity contribution in [2.24, 2.45) is 12.1 Å². The highest BCUT2D eigenvalue weighted by atomic mass is 32.1. The molecule has 3 aromatic rings. The summed E-state index contributed by atoms with van der Waals surface area (Å²) in [6.07, 6.45) is 5.05. The van der Waals surface area contributed by atoms with Gasteiger partial charge >= 0.3 is 0 Å². The maximum Gasteiger partial charge on any atom is 0.287 e. The lowest BCUT2D eigenvalue weighted by Gasteiger charge is -2.08. The minimum Gasteiger partial charge on any atom is -0.350 e. The maximum atomic E-state index is 12.5. The molecule has 2 aromatic heterocycles. The van der Waals surface area contributed by atoms with Gasteiger partial charge in [-0.15, -0.1) is 11.3 Å². The largest absolute Gasteiger partial charge is 0.350 e. The quantitative estimate of drug-likeness (QED) is 0.393. The summed E-state index contributed by atoms with van der Waals surface area (Å²) in [4.78, 5) is 25.8. The molecule has 0 bridgehead atoms. The third kappa shape index (κ3) is 5.02. The van der Waals surface area contributed by atoms with Crippen LogP contribution in [-0.2, 0) is 11.8 Å². The highest BCUT2D eigenvalue weighted by Gasteiger charge is 2.14. The highest BCUT2D eigenvalue weighted by molar-refractivity contribution is 7.10. The van der Waals surface area contributed by atoms with Crippen molar-refractivity contribution in [3.63, 3.8) is 0 Å². The average molecular weight is 378 g/mol. The van der Waals surface area contributed by atoms with Gasteiger partial charge in [-0.25, -0.2) is 5.43 Å². The van der Waals surface area contributed by atoms with E-state index in [4.69, 9.17) is 0 Å². The van der Waals surface area contributed by atoms with Crippen molar-refractivity contribution in [3.05, 3.63) is 88.0 Å². The third-order valence-electron chi connectivity index (χ3n) is 3.71. The second-order valence-corrected chi connectivity index (χ2v) is 6.62. The minimum atomic E-state index is -0.502. The number of hydrogen-bond donors (Lipinski definition) is 2. The first-order chi connectivity index (χ1) is 13.1. The Bertz CT molecular complexity index is 973. The number of nitrogens with zero attached hydrogens (tertiary/aromatic N) is 2. The van der Waals surface area contributed by atoms with Crippen LogP contribution < -0.4 is 10.7 Å². The molecular formula is C20H18N4O2S. The van der Waals surface area contributed by atoms with Crippen LogP contribution in [0.5, 0.6) is 0 Å². The molecule has 0 saturated carbocycles. The van der Waals surface area contributed by atoms with Gasteiger partial charge in [0.15, 0.2) is 0 Å². The molecule has 27 heavy (non-hydrogen) atoms. The van der Waals surface area contributed by atoms with Crippen molar-refractivity contribution in [2.45, 2.75) is 0 Å². The predicted octanol–water partition coefficient (Wildman–Crippen LogP) is 3.01. The zero-order valence-electron chi connectivity index (χ0n) is 14.6. The Morgan fingerprint density at radius 2 is 1.89 bits per heavy atom. The van der Waals surface area contributed by atoms with Gasteiger partial charge < -0.3 is 9.88 Å². The van der Waals surface area contributed by atoms with Crippen LogP contribution in [0, 0.1) is 0 Å². The Hall–Kier alpha value is -3.45. The zero-order chi connectivity index (χ0) is 19.1. The summed E-state index contributed by atoms with van der Waals surface area (Å²) < 4.78 is 1.87. The van der Waals surface area contributed by atoms with E-state index in [-0.39, 0.29) is 11.6 Å². The Morgan fingerprint density at radius 3 is 2.56 bits per heavy atom. The molecule has 1 aromatic carbocycles. The smallest absolute Gasteiger partial charge is 0.287 e. The molecule has 0 fully saturated rings. The molecule has 0 radical (unpaired) electrons. The molecule has 0 aliphatic heterocycles. The van der Waals surface area contributed by atoms with Crippen molar-refractivity contribution in [2.75, 3.05) is 0 Å². The van der Waals surface area contributed by atoms with Crippen LogP contribution in [0.1, 0.15) is 20.9 Å². The maximum absolute atomic E-state index is 12.5. The first-order valence-electron chi connectivity index (χ1n) is 8.20. The van der Waals surface area contributed by atoms with Crippen LogP contribution in [0.25, 0.3) is 6.08 Å². The van der Waals surface area contributed by atoms with Crippen LogP contribution >= 0.6 is 11.3 Å². The van der Waals surface area contributed by atoms with E-state index < -0.39 is 5.91 Å². The van der Waals surface area contributed by atoms with Crippen LogP contribution in [0.4, 0.5) is 0 Å². The molecule has 3 rings (SSSR count). The molecule has 0 spiro atoms. The number of aromatic nitrogens is 1. The fourth-order valence-corrected chi connectivity index (χ4v) is 2.94. The SMILES string of the molecule is Cn1cccc1/C=N\NC(=O)/C(=C/c1cccs1)NC(=O)c1ccccc1. The lowest BCUT2D eigenvalue weighted by Crippen LogP contribution is -2.32. The summed E-state index contributed by atoms with van der Waals surface area (Å²) in [6, 6.07) is 16.2. The Morgan fingerprint density at radius 1 is 1.07 bits per heavy atom. The normalized spacial score (nSPS) is 11.5. The van der Waals surface area contributed by atoms with Gasteiger partial charge in [0.1, 0.15) is 5.70 Å². The van der Waals surface area contributed by atoms with E-state index in [0.717, 1.165) is 10.6 Å². The first kappa shape index (κ1) is 18.3. The van der Waals surface area contributed by atoms with Gasteiger partial charge in [0, 0.05) is 23.7 Å². The van der Waals surface area contributed by atoms with E-state index in [1.807, 2.05) is 53.5 Å². The number of hydrazone groups is 1. The second kappa shape index (κ2) is 8.77. The number of carbonyl (C=O) groups excluding carboxylic acids is 2. The Kier molecular flexibility index (Phi) is 5.96. The summed E-state index contributed by atoms with van der Waals surface area (Å²) in [7, 11) is 1.88. The molecule has 136 valence electrons. The van der Waals surface area contributed by atoms with Gasteiger partial charge in [-0.3, -0.25) is 9.59 Å². The van der Waals surface area contributed by atoms with E-state index in [0.29, 0.717) is 5.56 Å². The van der Waals surface area contributed by atoms with Crippen LogP contribution in [0.15, 0.2) is 77.0 Å². The summed E-state index contributed by atoms with van der Waals surface area (Å²) in [6.45, 7) is 0. The zero-order valence-corrected chi connectivity index (χ0v) is 15.4. The molecule has 6 nitrogen and oxygen atoms in total. The van der Waals surface area contributed by atoms with Gasteiger partial charge in [0.2, 0.25) is 0 Å². The van der Waals surface area contributed by atoms with E-state index in [2.05, 4.69) is 15.8 Å². The number of aryl methyl sites for hydroxylation is 1. The van der Waals surface area contributed by atoms with Gasteiger partial charge in [-0.2, -0.15) is 5.10 Å². The lowest BCUT2D eigenvalue weighted by molar-refractivity contribution is -0.117. The molecule has 2 amide bonds. The minimum absolute atomic E-state index is 0.121. The summed E-state index contributed by atoms with van der Waals surface area (Å²) in [5.74, 6) is -0.863. The molecule has 2 N–H and O–H groups in total. The molecule has 2 heterocycles. The molecule has 0 saturated heterocycles. The van der Waals surface area contributed by atoms with E-state index in [1.54, 1.807) is 36.6 Å². The van der Waals surface area contributed by atoms with E-state index >= 15 is 0 Å². The number of amides is 2. The van der Waals surface area contributed by atoms with Crippen molar-refractivity contribution in [1.29, 1.82) is 0 Å². The number of carbonyl (C=O) groups is 2. The second-order valence-electron chi connectivity index (χ2n) is 5.64.